The van der Waals surface area contributed by atoms with Gasteiger partial charge in [-0.3, -0.25) is 34.0 Å². The van der Waals surface area contributed by atoms with Crippen molar-refractivity contribution in [1.82, 2.24) is 34.6 Å². The number of thiazole rings is 1. The van der Waals surface area contributed by atoms with Gasteiger partial charge in [0.05, 0.1) is 57.0 Å². The summed E-state index contributed by atoms with van der Waals surface area (Å²) in [6.45, 7) is 18.6. The summed E-state index contributed by atoms with van der Waals surface area (Å²) in [5.41, 5.74) is 19.5. The van der Waals surface area contributed by atoms with Crippen molar-refractivity contribution in [2.75, 3.05) is 63.9 Å². The summed E-state index contributed by atoms with van der Waals surface area (Å²) in [5.74, 6) is 0.143. The number of nitriles is 1. The van der Waals surface area contributed by atoms with E-state index in [1.165, 1.54) is 21.2 Å². The molecule has 19 heteroatoms. The first-order valence-electron chi connectivity index (χ1n) is 24.8. The maximum absolute atomic E-state index is 13.3. The number of aryl methyl sites for hydroxylation is 1. The van der Waals surface area contributed by atoms with Crippen molar-refractivity contribution in [2.45, 2.75) is 104 Å². The monoisotopic (exact) mass is 1020 g/mol. The van der Waals surface area contributed by atoms with Crippen molar-refractivity contribution in [3.05, 3.63) is 99.9 Å². The van der Waals surface area contributed by atoms with Gasteiger partial charge < -0.3 is 37.2 Å². The lowest BCUT2D eigenvalue weighted by Gasteiger charge is -2.43. The molecule has 18 nitrogen and oxygen atoms in total. The van der Waals surface area contributed by atoms with Gasteiger partial charge in [0.2, 0.25) is 18.7 Å². The molecule has 392 valence electrons. The molecule has 0 spiro atoms. The number of hydrogen-bond acceptors (Lipinski definition) is 15. The Labute approximate surface area is 433 Å². The van der Waals surface area contributed by atoms with Crippen LogP contribution in [-0.4, -0.2) is 142 Å². The first-order chi connectivity index (χ1) is 34.8. The zero-order valence-electron chi connectivity index (χ0n) is 43.3. The van der Waals surface area contributed by atoms with E-state index < -0.39 is 5.60 Å². The second-order valence-electron chi connectivity index (χ2n) is 20.2. The number of nitrogens with two attached hydrogens (primary N) is 2. The molecule has 8 N–H and O–H groups in total. The number of fused-ring (bicyclic) bond motifs is 1. The molecular weight excluding hydrogens is 945 g/mol. The summed E-state index contributed by atoms with van der Waals surface area (Å²) < 4.78 is 1.49. The van der Waals surface area contributed by atoms with Gasteiger partial charge in [0.15, 0.2) is 6.29 Å². The summed E-state index contributed by atoms with van der Waals surface area (Å²) >= 11 is 1.64. The fraction of sp³-hybridized carbons (Fsp3) is 0.481. The number of carbonyl (C=O) groups excluding carboxylic acids is 4. The van der Waals surface area contributed by atoms with Gasteiger partial charge in [0.1, 0.15) is 11.8 Å². The maximum Gasteiger partial charge on any atom is 0.227 e. The number of piperazine rings is 1. The number of aliphatic hydroxyl groups is 2. The van der Waals surface area contributed by atoms with E-state index in [1.54, 1.807) is 43.4 Å². The molecular formula is C54H74N12O6S. The van der Waals surface area contributed by atoms with Crippen LogP contribution in [0.25, 0.3) is 16.0 Å². The van der Waals surface area contributed by atoms with Crippen molar-refractivity contribution in [1.29, 1.82) is 5.26 Å². The van der Waals surface area contributed by atoms with Gasteiger partial charge in [0.25, 0.3) is 0 Å². The van der Waals surface area contributed by atoms with Crippen LogP contribution in [-0.2, 0) is 26.5 Å². The molecule has 2 atom stereocenters. The molecule has 5 aromatic rings. The molecule has 0 radical (unpaired) electrons. The number of anilines is 2. The first kappa shape index (κ1) is 57.3. The van der Waals surface area contributed by atoms with E-state index in [4.69, 9.17) is 20.8 Å². The Morgan fingerprint density at radius 3 is 2.22 bits per heavy atom. The number of aliphatic hydroxyl groups excluding tert-OH is 1. The lowest BCUT2D eigenvalue weighted by atomic mass is 9.79. The summed E-state index contributed by atoms with van der Waals surface area (Å²) in [4.78, 5) is 59.9. The smallest absolute Gasteiger partial charge is 0.227 e. The lowest BCUT2D eigenvalue weighted by molar-refractivity contribution is -0.139. The SMILES string of the molecule is CNc1cc(C=NC2CCC(N3CCN(CC(C(=O)N4CCC(O)C4)C(C)(C)C)CC3)CC2)c(N)cc1C(C)(C)O.Cc1ncsc1-c1ccc(CNC=O)cc1.N#Cc1cnn2c(C=O)ccc2c1.NC=O. The van der Waals surface area contributed by atoms with Gasteiger partial charge in [0, 0.05) is 94.2 Å². The average molecular weight is 1020 g/mol. The molecule has 1 saturated carbocycles. The first-order valence-corrected chi connectivity index (χ1v) is 25.7. The highest BCUT2D eigenvalue weighted by Crippen LogP contribution is 2.34. The normalized spacial score (nSPS) is 18.7. The minimum atomic E-state index is -0.976. The number of rotatable bonds is 13. The van der Waals surface area contributed by atoms with Gasteiger partial charge >= 0.3 is 0 Å². The van der Waals surface area contributed by atoms with Crippen LogP contribution in [0.3, 0.4) is 0 Å². The highest BCUT2D eigenvalue weighted by Gasteiger charge is 2.39. The Balaban J connectivity index is 0.000000248. The van der Waals surface area contributed by atoms with Crippen LogP contribution in [0.1, 0.15) is 105 Å². The number of amides is 3. The molecule has 2 saturated heterocycles. The number of nitrogens with one attached hydrogen (secondary N) is 2. The molecule has 8 rings (SSSR count). The summed E-state index contributed by atoms with van der Waals surface area (Å²) in [7, 11) is 1.85. The van der Waals surface area contributed by atoms with Gasteiger partial charge in [-0.15, -0.1) is 11.3 Å². The van der Waals surface area contributed by atoms with E-state index in [9.17, 15) is 24.6 Å². The second kappa shape index (κ2) is 26.9. The predicted octanol–water partition coefficient (Wildman–Crippen LogP) is 5.63. The third-order valence-corrected chi connectivity index (χ3v) is 14.5. The quantitative estimate of drug-likeness (QED) is 0.0476. The van der Waals surface area contributed by atoms with Crippen LogP contribution in [0.2, 0.25) is 0 Å². The highest BCUT2D eigenvalue weighted by molar-refractivity contribution is 7.13. The molecule has 73 heavy (non-hydrogen) atoms. The van der Waals surface area contributed by atoms with Crippen molar-refractivity contribution >= 4 is 59.5 Å². The summed E-state index contributed by atoms with van der Waals surface area (Å²) in [5, 5.41) is 38.8. The molecule has 0 bridgehead atoms. The van der Waals surface area contributed by atoms with Gasteiger partial charge in [-0.25, -0.2) is 9.50 Å². The van der Waals surface area contributed by atoms with E-state index in [2.05, 4.69) is 69.2 Å². The number of carbonyl (C=O) groups is 4. The highest BCUT2D eigenvalue weighted by atomic mass is 32.1. The van der Waals surface area contributed by atoms with E-state index in [0.717, 1.165) is 98.3 Å². The Kier molecular flexibility index (Phi) is 21.2. The third-order valence-electron chi connectivity index (χ3n) is 13.6. The molecule has 5 heterocycles. The molecule has 1 aliphatic carbocycles. The Morgan fingerprint density at radius 1 is 0.986 bits per heavy atom. The predicted molar refractivity (Wildman–Crippen MR) is 288 cm³/mol. The largest absolute Gasteiger partial charge is 0.398 e. The van der Waals surface area contributed by atoms with Crippen molar-refractivity contribution in [3.63, 3.8) is 0 Å². The zero-order chi connectivity index (χ0) is 53.3. The number of aldehydes is 1. The van der Waals surface area contributed by atoms with Crippen LogP contribution >= 0.6 is 11.3 Å². The molecule has 2 aromatic carbocycles. The zero-order valence-corrected chi connectivity index (χ0v) is 44.1. The molecule has 3 aliphatic rings. The minimum Gasteiger partial charge on any atom is -0.398 e. The van der Waals surface area contributed by atoms with Crippen molar-refractivity contribution in [3.8, 4) is 16.5 Å². The number of aromatic nitrogens is 3. The van der Waals surface area contributed by atoms with E-state index >= 15 is 0 Å². The number of nitrogens with zero attached hydrogens (tertiary/aromatic N) is 8. The van der Waals surface area contributed by atoms with Crippen LogP contribution in [0.5, 0.6) is 0 Å². The number of primary amides is 1. The summed E-state index contributed by atoms with van der Waals surface area (Å²) in [6, 6.07) is 20.0. The summed E-state index contributed by atoms with van der Waals surface area (Å²) in [6.07, 6.45) is 9.79. The van der Waals surface area contributed by atoms with Gasteiger partial charge in [-0.05, 0) is 99.7 Å². The number of nitrogen functional groups attached to an aromatic ring is 1. The van der Waals surface area contributed by atoms with E-state index in [0.29, 0.717) is 61.5 Å². The Hall–Kier alpha value is -6.56. The van der Waals surface area contributed by atoms with Crippen LogP contribution in [0.15, 0.2) is 71.3 Å². The number of benzene rings is 2. The number of hydrogen-bond donors (Lipinski definition) is 6. The van der Waals surface area contributed by atoms with Crippen molar-refractivity contribution < 1.29 is 29.4 Å². The number of likely N-dealkylation sites (tertiary alicyclic amines) is 1. The van der Waals surface area contributed by atoms with Gasteiger partial charge in [-0.1, -0.05) is 45.0 Å². The molecule has 2 aliphatic heterocycles. The van der Waals surface area contributed by atoms with Crippen LogP contribution in [0, 0.1) is 29.6 Å². The molecule has 3 aromatic heterocycles. The average Bonchev–Trinajstić information content (AvgIpc) is 4.14. The molecule has 2 unspecified atom stereocenters. The maximum atomic E-state index is 13.3. The number of aliphatic imine (C=N–C) groups is 1. The van der Waals surface area contributed by atoms with Crippen molar-refractivity contribution in [2.24, 2.45) is 22.1 Å². The fourth-order valence-corrected chi connectivity index (χ4v) is 10.2. The van der Waals surface area contributed by atoms with Crippen LogP contribution < -0.4 is 22.1 Å². The topological polar surface area (TPSA) is 261 Å². The van der Waals surface area contributed by atoms with Crippen LogP contribution in [0.4, 0.5) is 11.4 Å². The van der Waals surface area contributed by atoms with E-state index in [-0.39, 0.29) is 29.8 Å². The standard InChI is InChI=1S/C32H54N6O3.C12H12N2OS.C9H5N3O.CH3NO/c1-31(2,3)27(30(40)38-12-11-25(39)20-38)21-36-13-15-37(16-14-36)24-9-7-23(8-10-24)35-19-22-17-29(34-6)26(18-28(22)33)32(4,5)41;1-9-12(16-8-14-9)11-4-2-10(3-5-11)6-13-7-15;10-4-7-3-8-1-2-9(6-13)12(8)11-5-7;2-1-3/h17-19,23-25,27,34,39,41H,7-16,20-21,33H2,1-6H3;2-5,7-8H,6H2,1H3,(H,13,15);1-3,5-6H;1H,(H2,2,3). The van der Waals surface area contributed by atoms with Gasteiger partial charge in [-0.2, -0.15) is 10.4 Å². The minimum absolute atomic E-state index is 0.0581. The molecule has 3 fully saturated rings. The molecule has 3 amide bonds. The Morgan fingerprint density at radius 2 is 1.67 bits per heavy atom. The Bertz CT molecular complexity index is 2650. The number of β-amino-alcohol motifs (C(OH)–C–C–N with tert-alkyl or cyclic N) is 1. The van der Waals surface area contributed by atoms with E-state index in [1.807, 2.05) is 60.9 Å². The lowest BCUT2D eigenvalue weighted by Crippen LogP contribution is -2.54. The third kappa shape index (κ3) is 16.2. The fourth-order valence-electron chi connectivity index (χ4n) is 9.35. The second-order valence-corrected chi connectivity index (χ2v) is 21.1.